The third-order valence-corrected chi connectivity index (χ3v) is 5.05. The first-order chi connectivity index (χ1) is 14.5. The van der Waals surface area contributed by atoms with Crippen LogP contribution in [0.4, 0.5) is 17.1 Å². The lowest BCUT2D eigenvalue weighted by Crippen LogP contribution is -2.28. The zero-order chi connectivity index (χ0) is 21.1. The highest BCUT2D eigenvalue weighted by atomic mass is 16.2. The highest BCUT2D eigenvalue weighted by Crippen LogP contribution is 2.30. The molecule has 1 heterocycles. The van der Waals surface area contributed by atoms with E-state index in [9.17, 15) is 9.59 Å². The van der Waals surface area contributed by atoms with E-state index < -0.39 is 0 Å². The second-order valence-electron chi connectivity index (χ2n) is 7.11. The van der Waals surface area contributed by atoms with E-state index in [1.165, 1.54) is 10.9 Å². The van der Waals surface area contributed by atoms with Gasteiger partial charge in [-0.15, -0.1) is 0 Å². The first-order valence-corrected chi connectivity index (χ1v) is 9.67. The molecule has 6 nitrogen and oxygen atoms in total. The number of anilines is 3. The fourth-order valence-electron chi connectivity index (χ4n) is 3.46. The van der Waals surface area contributed by atoms with Gasteiger partial charge < -0.3 is 10.2 Å². The number of aromatic nitrogens is 2. The van der Waals surface area contributed by atoms with E-state index in [4.69, 9.17) is 0 Å². The molecule has 1 amide bonds. The second-order valence-corrected chi connectivity index (χ2v) is 7.11. The average Bonchev–Trinajstić information content (AvgIpc) is 2.77. The van der Waals surface area contributed by atoms with Crippen molar-refractivity contribution in [3.8, 4) is 0 Å². The van der Waals surface area contributed by atoms with Gasteiger partial charge in [0.2, 0.25) is 5.91 Å². The Bertz CT molecular complexity index is 1270. The average molecular weight is 398 g/mol. The Balaban J connectivity index is 1.58. The van der Waals surface area contributed by atoms with Crippen molar-refractivity contribution in [3.05, 3.63) is 95.0 Å². The van der Waals surface area contributed by atoms with Gasteiger partial charge in [0.15, 0.2) is 0 Å². The lowest BCUT2D eigenvalue weighted by Gasteiger charge is -2.22. The Hall–Kier alpha value is -3.93. The summed E-state index contributed by atoms with van der Waals surface area (Å²) in [6, 6.07) is 22.9. The molecule has 0 aliphatic rings. The molecule has 150 valence electrons. The molecule has 0 aliphatic carbocycles. The lowest BCUT2D eigenvalue weighted by molar-refractivity contribution is -0.116. The van der Waals surface area contributed by atoms with Crippen molar-refractivity contribution in [3.63, 3.8) is 0 Å². The second kappa shape index (κ2) is 8.21. The van der Waals surface area contributed by atoms with Crippen LogP contribution in [0.25, 0.3) is 10.9 Å². The van der Waals surface area contributed by atoms with E-state index in [2.05, 4.69) is 10.3 Å². The van der Waals surface area contributed by atoms with Crippen LogP contribution in [0.1, 0.15) is 5.56 Å². The molecule has 0 unspecified atom stereocenters. The fraction of sp³-hybridized carbons (Fsp3) is 0.125. The SMILES string of the molecule is Cc1cccc2c(=O)n(CC(=O)Nc3ccccc3N(C)c3ccccc3)cnc12. The zero-order valence-corrected chi connectivity index (χ0v) is 16.9. The van der Waals surface area contributed by atoms with Gasteiger partial charge in [0.1, 0.15) is 6.54 Å². The zero-order valence-electron chi connectivity index (χ0n) is 16.9. The molecule has 0 fully saturated rings. The van der Waals surface area contributed by atoms with Crippen LogP contribution in [0.5, 0.6) is 0 Å². The molecule has 6 heteroatoms. The number of hydrogen-bond acceptors (Lipinski definition) is 4. The molecule has 4 aromatic rings. The quantitative estimate of drug-likeness (QED) is 0.549. The Morgan fingerprint density at radius 1 is 1.00 bits per heavy atom. The molecule has 1 N–H and O–H groups in total. The minimum atomic E-state index is -0.292. The lowest BCUT2D eigenvalue weighted by atomic mass is 10.1. The summed E-state index contributed by atoms with van der Waals surface area (Å²) >= 11 is 0. The summed E-state index contributed by atoms with van der Waals surface area (Å²) in [6.07, 6.45) is 1.43. The van der Waals surface area contributed by atoms with Gasteiger partial charge in [0, 0.05) is 12.7 Å². The van der Waals surface area contributed by atoms with Crippen molar-refractivity contribution in [2.45, 2.75) is 13.5 Å². The van der Waals surface area contributed by atoms with Gasteiger partial charge in [-0.1, -0.05) is 42.5 Å². The molecule has 0 aliphatic heterocycles. The van der Waals surface area contributed by atoms with Gasteiger partial charge in [-0.25, -0.2) is 4.98 Å². The molecule has 0 bridgehead atoms. The van der Waals surface area contributed by atoms with Crippen LogP contribution in [-0.2, 0) is 11.3 Å². The normalized spacial score (nSPS) is 10.7. The Labute approximate surface area is 174 Å². The third-order valence-electron chi connectivity index (χ3n) is 5.05. The smallest absolute Gasteiger partial charge is 0.261 e. The summed E-state index contributed by atoms with van der Waals surface area (Å²) in [6.45, 7) is 1.80. The summed E-state index contributed by atoms with van der Waals surface area (Å²) in [7, 11) is 1.94. The van der Waals surface area contributed by atoms with Gasteiger partial charge in [0.05, 0.1) is 28.6 Å². The number of fused-ring (bicyclic) bond motifs is 1. The van der Waals surface area contributed by atoms with Crippen LogP contribution >= 0.6 is 0 Å². The van der Waals surface area contributed by atoms with Gasteiger partial charge in [-0.2, -0.15) is 0 Å². The predicted molar refractivity (Wildman–Crippen MR) is 120 cm³/mol. The van der Waals surface area contributed by atoms with Crippen LogP contribution < -0.4 is 15.8 Å². The molecule has 0 spiro atoms. The van der Waals surface area contributed by atoms with Crippen molar-refractivity contribution >= 4 is 33.9 Å². The highest BCUT2D eigenvalue weighted by Gasteiger charge is 2.13. The first kappa shape index (κ1) is 19.4. The minimum absolute atomic E-state index is 0.112. The maximum absolute atomic E-state index is 12.8. The topological polar surface area (TPSA) is 67.2 Å². The molecular weight excluding hydrogens is 376 g/mol. The van der Waals surface area contributed by atoms with Gasteiger partial charge in [-0.05, 0) is 42.8 Å². The van der Waals surface area contributed by atoms with Gasteiger partial charge >= 0.3 is 0 Å². The van der Waals surface area contributed by atoms with Crippen molar-refractivity contribution in [2.75, 3.05) is 17.3 Å². The number of carbonyl (C=O) groups is 1. The van der Waals surface area contributed by atoms with Gasteiger partial charge in [-0.3, -0.25) is 14.2 Å². The largest absolute Gasteiger partial charge is 0.343 e. The number of carbonyl (C=O) groups excluding carboxylic acids is 1. The van der Waals surface area contributed by atoms with Crippen LogP contribution in [0.2, 0.25) is 0 Å². The molecule has 0 saturated heterocycles. The summed E-state index contributed by atoms with van der Waals surface area (Å²) in [5.74, 6) is -0.292. The molecule has 0 saturated carbocycles. The van der Waals surface area contributed by atoms with Crippen LogP contribution in [0, 0.1) is 6.92 Å². The minimum Gasteiger partial charge on any atom is -0.343 e. The van der Waals surface area contributed by atoms with E-state index in [1.54, 1.807) is 6.07 Å². The van der Waals surface area contributed by atoms with Crippen molar-refractivity contribution < 1.29 is 4.79 Å². The fourth-order valence-corrected chi connectivity index (χ4v) is 3.46. The number of amides is 1. The number of aryl methyl sites for hydroxylation is 1. The maximum Gasteiger partial charge on any atom is 0.261 e. The molecule has 3 aromatic carbocycles. The van der Waals surface area contributed by atoms with Crippen molar-refractivity contribution in [1.29, 1.82) is 0 Å². The number of nitrogens with one attached hydrogen (secondary N) is 1. The summed E-state index contributed by atoms with van der Waals surface area (Å²) in [4.78, 5) is 31.9. The van der Waals surface area contributed by atoms with E-state index in [0.29, 0.717) is 16.6 Å². The number of nitrogens with zero attached hydrogens (tertiary/aromatic N) is 3. The summed E-state index contributed by atoms with van der Waals surface area (Å²) < 4.78 is 1.33. The molecule has 4 rings (SSSR count). The van der Waals surface area contributed by atoms with Crippen LogP contribution in [0.3, 0.4) is 0 Å². The molecule has 0 radical (unpaired) electrons. The Morgan fingerprint density at radius 3 is 2.53 bits per heavy atom. The molecule has 1 aromatic heterocycles. The monoisotopic (exact) mass is 398 g/mol. The molecular formula is C24H22N4O2. The van der Waals surface area contributed by atoms with Crippen LogP contribution in [-0.4, -0.2) is 22.5 Å². The van der Waals surface area contributed by atoms with Crippen molar-refractivity contribution in [2.24, 2.45) is 0 Å². The maximum atomic E-state index is 12.8. The number of benzene rings is 3. The molecule has 30 heavy (non-hydrogen) atoms. The Kier molecular flexibility index (Phi) is 5.30. The van der Waals surface area contributed by atoms with Crippen molar-refractivity contribution in [1.82, 2.24) is 9.55 Å². The third kappa shape index (κ3) is 3.80. The first-order valence-electron chi connectivity index (χ1n) is 9.67. The summed E-state index contributed by atoms with van der Waals surface area (Å²) in [5.41, 5.74) is 3.90. The number of para-hydroxylation sites is 4. The molecule has 0 atom stereocenters. The number of rotatable bonds is 5. The van der Waals surface area contributed by atoms with Crippen LogP contribution in [0.15, 0.2) is 83.9 Å². The number of hydrogen-bond donors (Lipinski definition) is 1. The predicted octanol–water partition coefficient (Wildman–Crippen LogP) is 4.11. The Morgan fingerprint density at radius 2 is 1.73 bits per heavy atom. The van der Waals surface area contributed by atoms with E-state index in [1.807, 2.05) is 85.6 Å². The standard InChI is InChI=1S/C24H22N4O2/c1-17-9-8-12-19-23(17)25-16-28(24(19)30)15-22(29)26-20-13-6-7-14-21(20)27(2)18-10-4-3-5-11-18/h3-14,16H,15H2,1-2H3,(H,26,29). The van der Waals surface area contributed by atoms with E-state index >= 15 is 0 Å². The summed E-state index contributed by atoms with van der Waals surface area (Å²) in [5, 5.41) is 3.44. The van der Waals surface area contributed by atoms with Gasteiger partial charge in [0.25, 0.3) is 5.56 Å². The highest BCUT2D eigenvalue weighted by molar-refractivity contribution is 5.95. The van der Waals surface area contributed by atoms with E-state index in [0.717, 1.165) is 16.9 Å². The van der Waals surface area contributed by atoms with E-state index in [-0.39, 0.29) is 18.0 Å².